The van der Waals surface area contributed by atoms with E-state index in [1.807, 2.05) is 0 Å². The predicted molar refractivity (Wildman–Crippen MR) is 67.4 cm³/mol. The highest BCUT2D eigenvalue weighted by molar-refractivity contribution is 5.03. The highest BCUT2D eigenvalue weighted by atomic mass is 16.4. The van der Waals surface area contributed by atoms with Crippen LogP contribution in [0.4, 0.5) is 0 Å². The van der Waals surface area contributed by atoms with Crippen LogP contribution in [0.3, 0.4) is 0 Å². The van der Waals surface area contributed by atoms with Gasteiger partial charge in [-0.15, -0.1) is 0 Å². The first-order valence-electron chi connectivity index (χ1n) is 7.09. The van der Waals surface area contributed by atoms with Gasteiger partial charge in [0.25, 0.3) is 0 Å². The summed E-state index contributed by atoms with van der Waals surface area (Å²) in [6.07, 6.45) is 12.7. The lowest BCUT2D eigenvalue weighted by molar-refractivity contribution is 0.0761. The first-order chi connectivity index (χ1) is 7.69. The lowest BCUT2D eigenvalue weighted by Gasteiger charge is -2.07. The quantitative estimate of drug-likeness (QED) is 0.563. The Bertz CT molecular complexity index is 182. The van der Waals surface area contributed by atoms with Gasteiger partial charge in [-0.3, -0.25) is 0 Å². The van der Waals surface area contributed by atoms with Crippen molar-refractivity contribution in [3.05, 3.63) is 0 Å². The average Bonchev–Trinajstić information content (AvgIpc) is 2.85. The van der Waals surface area contributed by atoms with Crippen molar-refractivity contribution in [2.24, 2.45) is 0 Å². The third-order valence-corrected chi connectivity index (χ3v) is 3.72. The molecule has 2 unspecified atom stereocenters. The lowest BCUT2D eigenvalue weighted by Crippen LogP contribution is -2.12. The molecular formula is C14H28O2. The molecular weight excluding hydrogens is 200 g/mol. The molecule has 2 heteroatoms. The second-order valence-corrected chi connectivity index (χ2v) is 5.40. The molecule has 0 amide bonds. The molecule has 0 aromatic heterocycles. The number of hydrogen-bond donors (Lipinski definition) is 2. The number of rotatable bonds is 10. The average molecular weight is 228 g/mol. The Morgan fingerprint density at radius 1 is 0.938 bits per heavy atom. The summed E-state index contributed by atoms with van der Waals surface area (Å²) in [5.41, 5.74) is -0.693. The summed E-state index contributed by atoms with van der Waals surface area (Å²) >= 11 is 0. The van der Waals surface area contributed by atoms with E-state index in [-0.39, 0.29) is 0 Å². The van der Waals surface area contributed by atoms with E-state index in [1.54, 1.807) is 0 Å². The minimum atomic E-state index is -0.693. The maximum absolute atomic E-state index is 9.65. The van der Waals surface area contributed by atoms with Crippen LogP contribution in [-0.4, -0.2) is 21.9 Å². The zero-order valence-corrected chi connectivity index (χ0v) is 10.7. The molecule has 0 bridgehead atoms. The van der Waals surface area contributed by atoms with Crippen molar-refractivity contribution < 1.29 is 10.2 Å². The Labute approximate surface area is 100 Å². The summed E-state index contributed by atoms with van der Waals surface area (Å²) in [5, 5.41) is 18.8. The first kappa shape index (κ1) is 14.0. The van der Waals surface area contributed by atoms with Gasteiger partial charge < -0.3 is 10.2 Å². The van der Waals surface area contributed by atoms with Gasteiger partial charge in [0.1, 0.15) is 0 Å². The molecule has 2 atom stereocenters. The summed E-state index contributed by atoms with van der Waals surface area (Å²) < 4.78 is 0. The molecule has 0 radical (unpaired) electrons. The summed E-state index contributed by atoms with van der Waals surface area (Å²) in [6.45, 7) is 2.25. The molecule has 0 aromatic carbocycles. The van der Waals surface area contributed by atoms with Crippen molar-refractivity contribution >= 4 is 0 Å². The third-order valence-electron chi connectivity index (χ3n) is 3.72. The van der Waals surface area contributed by atoms with Crippen molar-refractivity contribution in [2.45, 2.75) is 89.3 Å². The molecule has 0 aliphatic heterocycles. The molecule has 0 aromatic rings. The molecule has 1 fully saturated rings. The van der Waals surface area contributed by atoms with Gasteiger partial charge in [-0.1, -0.05) is 64.7 Å². The Balaban J connectivity index is 1.75. The molecule has 2 nitrogen and oxygen atoms in total. The zero-order chi connectivity index (χ0) is 11.9. The maximum atomic E-state index is 9.65. The fraction of sp³-hybridized carbons (Fsp3) is 1.00. The number of aliphatic hydroxyl groups excluding tert-OH is 1. The normalized spacial score (nSPS) is 28.3. The second kappa shape index (κ2) is 7.29. The lowest BCUT2D eigenvalue weighted by atomic mass is 10.0. The van der Waals surface area contributed by atoms with Crippen LogP contribution in [0.2, 0.25) is 0 Å². The second-order valence-electron chi connectivity index (χ2n) is 5.40. The predicted octanol–water partition coefficient (Wildman–Crippen LogP) is 3.40. The topological polar surface area (TPSA) is 40.5 Å². The summed E-state index contributed by atoms with van der Waals surface area (Å²) in [7, 11) is 0. The van der Waals surface area contributed by atoms with Gasteiger partial charge in [-0.05, 0) is 6.42 Å². The fourth-order valence-corrected chi connectivity index (χ4v) is 2.29. The standard InChI is InChI=1S/C14H28O2/c1-2-3-4-5-6-7-8-9-10-11-14(16)12-13(14)15/h13,15-16H,2-12H2,1H3. The van der Waals surface area contributed by atoms with E-state index in [0.717, 1.165) is 12.8 Å². The SMILES string of the molecule is CCCCCCCCCCCC1(O)CC1O. The van der Waals surface area contributed by atoms with Gasteiger partial charge >= 0.3 is 0 Å². The van der Waals surface area contributed by atoms with Crippen LogP contribution in [0.1, 0.15) is 77.6 Å². The van der Waals surface area contributed by atoms with Crippen molar-refractivity contribution in [3.63, 3.8) is 0 Å². The van der Waals surface area contributed by atoms with Gasteiger partial charge in [0.05, 0.1) is 11.7 Å². The Morgan fingerprint density at radius 3 is 1.81 bits per heavy atom. The van der Waals surface area contributed by atoms with Crippen LogP contribution < -0.4 is 0 Å². The van der Waals surface area contributed by atoms with E-state index in [4.69, 9.17) is 5.11 Å². The van der Waals surface area contributed by atoms with Crippen molar-refractivity contribution in [2.75, 3.05) is 0 Å². The third kappa shape index (κ3) is 5.31. The number of unbranched alkanes of at least 4 members (excludes halogenated alkanes) is 8. The van der Waals surface area contributed by atoms with Crippen molar-refractivity contribution in [3.8, 4) is 0 Å². The molecule has 1 aliphatic rings. The molecule has 0 saturated heterocycles. The Kier molecular flexibility index (Phi) is 6.37. The molecule has 2 N–H and O–H groups in total. The minimum absolute atomic E-state index is 0.429. The van der Waals surface area contributed by atoms with Crippen molar-refractivity contribution in [1.29, 1.82) is 0 Å². The molecule has 96 valence electrons. The van der Waals surface area contributed by atoms with Crippen LogP contribution >= 0.6 is 0 Å². The maximum Gasteiger partial charge on any atom is 0.0932 e. The number of hydrogen-bond acceptors (Lipinski definition) is 2. The molecule has 0 heterocycles. The van der Waals surface area contributed by atoms with Gasteiger partial charge in [0, 0.05) is 6.42 Å². The van der Waals surface area contributed by atoms with E-state index in [0.29, 0.717) is 6.42 Å². The first-order valence-corrected chi connectivity index (χ1v) is 7.09. The van der Waals surface area contributed by atoms with Crippen molar-refractivity contribution in [1.82, 2.24) is 0 Å². The number of aliphatic hydroxyl groups is 2. The van der Waals surface area contributed by atoms with E-state index in [2.05, 4.69) is 6.92 Å². The van der Waals surface area contributed by atoms with E-state index in [9.17, 15) is 5.11 Å². The summed E-state index contributed by atoms with van der Waals surface area (Å²) in [5.74, 6) is 0. The molecule has 0 spiro atoms. The Morgan fingerprint density at radius 2 is 1.38 bits per heavy atom. The van der Waals surface area contributed by atoms with Crippen LogP contribution in [-0.2, 0) is 0 Å². The van der Waals surface area contributed by atoms with Gasteiger partial charge in [-0.2, -0.15) is 0 Å². The summed E-state index contributed by atoms with van der Waals surface area (Å²) in [4.78, 5) is 0. The van der Waals surface area contributed by atoms with Gasteiger partial charge in [0.2, 0.25) is 0 Å². The monoisotopic (exact) mass is 228 g/mol. The van der Waals surface area contributed by atoms with E-state index >= 15 is 0 Å². The smallest absolute Gasteiger partial charge is 0.0932 e. The van der Waals surface area contributed by atoms with E-state index < -0.39 is 11.7 Å². The highest BCUT2D eigenvalue weighted by Gasteiger charge is 2.51. The largest absolute Gasteiger partial charge is 0.390 e. The Hall–Kier alpha value is -0.0800. The van der Waals surface area contributed by atoms with Crippen LogP contribution in [0, 0.1) is 0 Å². The van der Waals surface area contributed by atoms with Crippen LogP contribution in [0.5, 0.6) is 0 Å². The van der Waals surface area contributed by atoms with Gasteiger partial charge in [-0.25, -0.2) is 0 Å². The molecule has 1 rings (SSSR count). The molecule has 1 saturated carbocycles. The van der Waals surface area contributed by atoms with E-state index in [1.165, 1.54) is 51.4 Å². The molecule has 16 heavy (non-hydrogen) atoms. The fourth-order valence-electron chi connectivity index (χ4n) is 2.29. The van der Waals surface area contributed by atoms with Crippen LogP contribution in [0.15, 0.2) is 0 Å². The minimum Gasteiger partial charge on any atom is -0.390 e. The highest BCUT2D eigenvalue weighted by Crippen LogP contribution is 2.40. The summed E-state index contributed by atoms with van der Waals surface area (Å²) in [6, 6.07) is 0. The van der Waals surface area contributed by atoms with Gasteiger partial charge in [0.15, 0.2) is 0 Å². The van der Waals surface area contributed by atoms with Crippen LogP contribution in [0.25, 0.3) is 0 Å². The molecule has 1 aliphatic carbocycles. The zero-order valence-electron chi connectivity index (χ0n) is 10.7.